The van der Waals surface area contributed by atoms with Gasteiger partial charge < -0.3 is 10.4 Å². The minimum absolute atomic E-state index is 0.126. The highest BCUT2D eigenvalue weighted by Gasteiger charge is 2.07. The van der Waals surface area contributed by atoms with Crippen molar-refractivity contribution in [2.75, 3.05) is 5.32 Å². The van der Waals surface area contributed by atoms with Crippen molar-refractivity contribution >= 4 is 17.6 Å². The Bertz CT molecular complexity index is 609. The number of carbonyl (C=O) groups excluding carboxylic acids is 1. The summed E-state index contributed by atoms with van der Waals surface area (Å²) in [4.78, 5) is 25.8. The number of benzene rings is 1. The summed E-state index contributed by atoms with van der Waals surface area (Å²) in [5, 5.41) is 11.3. The van der Waals surface area contributed by atoms with Gasteiger partial charge in [0.1, 0.15) is 0 Å². The predicted molar refractivity (Wildman–Crippen MR) is 65.5 cm³/mol. The smallest absolute Gasteiger partial charge is 0.335 e. The fourth-order valence-electron chi connectivity index (χ4n) is 1.41. The number of nitrogens with one attached hydrogen (secondary N) is 1. The van der Waals surface area contributed by atoms with E-state index in [1.54, 1.807) is 0 Å². The molecule has 1 aromatic heterocycles. The Morgan fingerprint density at radius 1 is 1.05 bits per heavy atom. The highest BCUT2D eigenvalue weighted by atomic mass is 19.1. The van der Waals surface area contributed by atoms with Crippen molar-refractivity contribution in [1.82, 2.24) is 4.98 Å². The van der Waals surface area contributed by atoms with Gasteiger partial charge in [0.25, 0.3) is 5.91 Å². The third kappa shape index (κ3) is 3.12. The van der Waals surface area contributed by atoms with Crippen LogP contribution in [0.2, 0.25) is 0 Å². The molecule has 0 saturated heterocycles. The fraction of sp³-hybridized carbons (Fsp3) is 0. The Labute approximate surface area is 107 Å². The molecule has 6 heteroatoms. The molecule has 0 spiro atoms. The molecule has 1 amide bonds. The lowest BCUT2D eigenvalue weighted by atomic mass is 10.2. The summed E-state index contributed by atoms with van der Waals surface area (Å²) in [6, 6.07) is 8.09. The van der Waals surface area contributed by atoms with Gasteiger partial charge in [-0.2, -0.15) is 4.39 Å². The summed E-state index contributed by atoms with van der Waals surface area (Å²) in [6.45, 7) is 0. The zero-order valence-electron chi connectivity index (χ0n) is 9.63. The maximum absolute atomic E-state index is 12.6. The average molecular weight is 260 g/mol. The number of pyridine rings is 1. The van der Waals surface area contributed by atoms with E-state index in [9.17, 15) is 14.0 Å². The first-order valence-electron chi connectivity index (χ1n) is 5.32. The molecular weight excluding hydrogens is 251 g/mol. The minimum Gasteiger partial charge on any atom is -0.478 e. The molecule has 0 saturated carbocycles. The zero-order chi connectivity index (χ0) is 13.8. The molecule has 96 valence electrons. The molecule has 0 aliphatic heterocycles. The Balaban J connectivity index is 2.10. The van der Waals surface area contributed by atoms with E-state index in [0.29, 0.717) is 5.69 Å². The van der Waals surface area contributed by atoms with Crippen LogP contribution < -0.4 is 5.32 Å². The molecule has 5 nitrogen and oxygen atoms in total. The molecule has 1 aromatic carbocycles. The van der Waals surface area contributed by atoms with Gasteiger partial charge in [0.15, 0.2) is 0 Å². The third-order valence-corrected chi connectivity index (χ3v) is 2.38. The Morgan fingerprint density at radius 2 is 1.68 bits per heavy atom. The number of rotatable bonds is 3. The van der Waals surface area contributed by atoms with E-state index >= 15 is 0 Å². The second-order valence-corrected chi connectivity index (χ2v) is 3.71. The Morgan fingerprint density at radius 3 is 2.21 bits per heavy atom. The van der Waals surface area contributed by atoms with Crippen LogP contribution >= 0.6 is 0 Å². The molecule has 0 bridgehead atoms. The van der Waals surface area contributed by atoms with Crippen molar-refractivity contribution in [3.8, 4) is 0 Å². The highest BCUT2D eigenvalue weighted by Crippen LogP contribution is 2.11. The van der Waals surface area contributed by atoms with Crippen LogP contribution in [0.1, 0.15) is 20.7 Å². The van der Waals surface area contributed by atoms with E-state index in [-0.39, 0.29) is 11.1 Å². The van der Waals surface area contributed by atoms with Crippen molar-refractivity contribution in [3.05, 3.63) is 59.7 Å². The van der Waals surface area contributed by atoms with Gasteiger partial charge in [-0.1, -0.05) is 0 Å². The van der Waals surface area contributed by atoms with Gasteiger partial charge in [-0.15, -0.1) is 0 Å². The van der Waals surface area contributed by atoms with E-state index in [0.717, 1.165) is 12.3 Å². The van der Waals surface area contributed by atoms with Crippen molar-refractivity contribution in [2.45, 2.75) is 0 Å². The normalized spacial score (nSPS) is 9.95. The van der Waals surface area contributed by atoms with E-state index in [4.69, 9.17) is 5.11 Å². The first kappa shape index (κ1) is 12.7. The zero-order valence-corrected chi connectivity index (χ0v) is 9.63. The van der Waals surface area contributed by atoms with Gasteiger partial charge in [-0.3, -0.25) is 4.79 Å². The molecule has 2 aromatic rings. The van der Waals surface area contributed by atoms with Gasteiger partial charge in [0.05, 0.1) is 11.1 Å². The summed E-state index contributed by atoms with van der Waals surface area (Å²) in [6.07, 6.45) is 1.12. The average Bonchev–Trinajstić information content (AvgIpc) is 2.40. The lowest BCUT2D eigenvalue weighted by molar-refractivity contribution is 0.0696. The van der Waals surface area contributed by atoms with E-state index in [1.807, 2.05) is 0 Å². The number of halogens is 1. The molecule has 1 heterocycles. The number of aromatic nitrogens is 1. The Kier molecular flexibility index (Phi) is 3.51. The number of amides is 1. The summed E-state index contributed by atoms with van der Waals surface area (Å²) in [5.41, 5.74) is 0.782. The quantitative estimate of drug-likeness (QED) is 0.829. The van der Waals surface area contributed by atoms with E-state index in [2.05, 4.69) is 10.3 Å². The maximum atomic E-state index is 12.6. The summed E-state index contributed by atoms with van der Waals surface area (Å²) in [5.74, 6) is -2.15. The van der Waals surface area contributed by atoms with Gasteiger partial charge in [0.2, 0.25) is 5.95 Å². The van der Waals surface area contributed by atoms with Crippen molar-refractivity contribution in [3.63, 3.8) is 0 Å². The number of nitrogens with zero attached hydrogens (tertiary/aromatic N) is 1. The minimum atomic E-state index is -1.04. The van der Waals surface area contributed by atoms with Crippen LogP contribution in [0.15, 0.2) is 42.6 Å². The molecule has 0 fully saturated rings. The largest absolute Gasteiger partial charge is 0.478 e. The van der Waals surface area contributed by atoms with Crippen LogP contribution in [0.25, 0.3) is 0 Å². The fourth-order valence-corrected chi connectivity index (χ4v) is 1.41. The van der Waals surface area contributed by atoms with Gasteiger partial charge in [0, 0.05) is 11.9 Å². The van der Waals surface area contributed by atoms with E-state index in [1.165, 1.54) is 30.3 Å². The molecule has 0 atom stereocenters. The standard InChI is InChI=1S/C13H9FN2O3/c14-11-6-3-9(7-15-11)12(17)16-10-4-1-8(2-5-10)13(18)19/h1-7H,(H,16,17)(H,18,19). The van der Waals surface area contributed by atoms with Crippen molar-refractivity contribution in [2.24, 2.45) is 0 Å². The van der Waals surface area contributed by atoms with Crippen LogP contribution in [0.3, 0.4) is 0 Å². The second-order valence-electron chi connectivity index (χ2n) is 3.71. The van der Waals surface area contributed by atoms with Crippen LogP contribution in [0.5, 0.6) is 0 Å². The number of aromatic carboxylic acids is 1. The first-order valence-corrected chi connectivity index (χ1v) is 5.32. The van der Waals surface area contributed by atoms with E-state index < -0.39 is 17.8 Å². The molecule has 0 aliphatic rings. The van der Waals surface area contributed by atoms with Crippen molar-refractivity contribution in [1.29, 1.82) is 0 Å². The molecule has 0 unspecified atom stereocenters. The third-order valence-electron chi connectivity index (χ3n) is 2.38. The number of carboxylic acid groups (broad SMARTS) is 1. The number of hydrogen-bond acceptors (Lipinski definition) is 3. The molecule has 0 aliphatic carbocycles. The predicted octanol–water partition coefficient (Wildman–Crippen LogP) is 2.17. The summed E-state index contributed by atoms with van der Waals surface area (Å²) >= 11 is 0. The molecule has 19 heavy (non-hydrogen) atoms. The number of hydrogen-bond donors (Lipinski definition) is 2. The first-order chi connectivity index (χ1) is 9.06. The number of anilines is 1. The molecule has 0 radical (unpaired) electrons. The SMILES string of the molecule is O=C(O)c1ccc(NC(=O)c2ccc(F)nc2)cc1. The lowest BCUT2D eigenvalue weighted by Gasteiger charge is -2.05. The van der Waals surface area contributed by atoms with Gasteiger partial charge >= 0.3 is 5.97 Å². The molecule has 2 N–H and O–H groups in total. The van der Waals surface area contributed by atoms with Gasteiger partial charge in [-0.05, 0) is 36.4 Å². The molecule has 2 rings (SSSR count). The maximum Gasteiger partial charge on any atom is 0.335 e. The van der Waals surface area contributed by atoms with Crippen molar-refractivity contribution < 1.29 is 19.1 Å². The highest BCUT2D eigenvalue weighted by molar-refractivity contribution is 6.04. The number of carbonyl (C=O) groups is 2. The van der Waals surface area contributed by atoms with Crippen LogP contribution in [-0.2, 0) is 0 Å². The van der Waals surface area contributed by atoms with Crippen LogP contribution in [-0.4, -0.2) is 22.0 Å². The van der Waals surface area contributed by atoms with Gasteiger partial charge in [-0.25, -0.2) is 9.78 Å². The number of carboxylic acids is 1. The monoisotopic (exact) mass is 260 g/mol. The second kappa shape index (κ2) is 5.26. The Hall–Kier alpha value is -2.76. The lowest BCUT2D eigenvalue weighted by Crippen LogP contribution is -2.12. The topological polar surface area (TPSA) is 79.3 Å². The van der Waals surface area contributed by atoms with Crippen LogP contribution in [0, 0.1) is 5.95 Å². The molecular formula is C13H9FN2O3. The summed E-state index contributed by atoms with van der Waals surface area (Å²) < 4.78 is 12.6. The van der Waals surface area contributed by atoms with Crippen LogP contribution in [0.4, 0.5) is 10.1 Å². The summed E-state index contributed by atoms with van der Waals surface area (Å²) in [7, 11) is 0.